The van der Waals surface area contributed by atoms with Gasteiger partial charge in [-0.3, -0.25) is 0 Å². The minimum Gasteiger partial charge on any atom is -0.444 e. The van der Waals surface area contributed by atoms with Crippen molar-refractivity contribution in [1.82, 2.24) is 4.98 Å². The van der Waals surface area contributed by atoms with Crippen molar-refractivity contribution in [2.24, 2.45) is 0 Å². The van der Waals surface area contributed by atoms with E-state index in [1.165, 1.54) is 0 Å². The van der Waals surface area contributed by atoms with Gasteiger partial charge in [0.2, 0.25) is 5.89 Å². The quantitative estimate of drug-likeness (QED) is 0.916. The molecule has 0 amide bonds. The van der Waals surface area contributed by atoms with Crippen LogP contribution < -0.4 is 5.32 Å². The molecule has 0 radical (unpaired) electrons. The Morgan fingerprint density at radius 2 is 2.18 bits per heavy atom. The van der Waals surface area contributed by atoms with Gasteiger partial charge in [-0.1, -0.05) is 11.6 Å². The predicted molar refractivity (Wildman–Crippen MR) is 72.5 cm³/mol. The molecule has 17 heavy (non-hydrogen) atoms. The summed E-state index contributed by atoms with van der Waals surface area (Å²) in [5.74, 6) is 1.53. The Balaban J connectivity index is 2.09. The van der Waals surface area contributed by atoms with E-state index in [1.54, 1.807) is 0 Å². The number of rotatable bonds is 3. The van der Waals surface area contributed by atoms with E-state index in [-0.39, 0.29) is 0 Å². The van der Waals surface area contributed by atoms with Gasteiger partial charge in [0.05, 0.1) is 17.9 Å². The van der Waals surface area contributed by atoms with E-state index in [1.807, 2.05) is 32.0 Å². The smallest absolute Gasteiger partial charge is 0.213 e. The molecular weight excluding hydrogens is 304 g/mol. The van der Waals surface area contributed by atoms with E-state index < -0.39 is 0 Å². The van der Waals surface area contributed by atoms with Crippen molar-refractivity contribution in [2.45, 2.75) is 20.4 Å². The monoisotopic (exact) mass is 314 g/mol. The van der Waals surface area contributed by atoms with Crippen molar-refractivity contribution < 1.29 is 4.42 Å². The van der Waals surface area contributed by atoms with E-state index in [4.69, 9.17) is 16.0 Å². The number of hydrogen-bond donors (Lipinski definition) is 1. The molecule has 3 nitrogen and oxygen atoms in total. The SMILES string of the molecule is Cc1nc(CNc2cc(Cl)ccc2Br)oc1C. The summed E-state index contributed by atoms with van der Waals surface area (Å²) < 4.78 is 6.44. The van der Waals surface area contributed by atoms with Gasteiger partial charge in [-0.15, -0.1) is 0 Å². The summed E-state index contributed by atoms with van der Waals surface area (Å²) in [6.45, 7) is 4.37. The molecule has 0 aliphatic rings. The third-order valence-corrected chi connectivity index (χ3v) is 3.36. The van der Waals surface area contributed by atoms with Crippen molar-refractivity contribution in [3.8, 4) is 0 Å². The van der Waals surface area contributed by atoms with Crippen molar-refractivity contribution in [2.75, 3.05) is 5.32 Å². The van der Waals surface area contributed by atoms with Gasteiger partial charge in [0.25, 0.3) is 0 Å². The van der Waals surface area contributed by atoms with Crippen LogP contribution in [0.4, 0.5) is 5.69 Å². The van der Waals surface area contributed by atoms with Crippen molar-refractivity contribution in [3.05, 3.63) is 45.0 Å². The van der Waals surface area contributed by atoms with Gasteiger partial charge in [-0.2, -0.15) is 0 Å². The molecule has 0 aliphatic carbocycles. The van der Waals surface area contributed by atoms with Crippen LogP contribution in [0.2, 0.25) is 5.02 Å². The molecule has 0 saturated carbocycles. The first-order valence-corrected chi connectivity index (χ1v) is 6.35. The molecule has 1 aromatic heterocycles. The number of oxazole rings is 1. The number of anilines is 1. The summed E-state index contributed by atoms with van der Waals surface area (Å²) in [6.07, 6.45) is 0. The largest absolute Gasteiger partial charge is 0.444 e. The number of benzene rings is 1. The Labute approximate surface area is 113 Å². The van der Waals surface area contributed by atoms with Crippen LogP contribution in [0.3, 0.4) is 0 Å². The van der Waals surface area contributed by atoms with Crippen molar-refractivity contribution in [1.29, 1.82) is 0 Å². The van der Waals surface area contributed by atoms with Gasteiger partial charge in [0, 0.05) is 9.50 Å². The van der Waals surface area contributed by atoms with Crippen molar-refractivity contribution in [3.63, 3.8) is 0 Å². The molecule has 0 unspecified atom stereocenters. The number of hydrogen-bond acceptors (Lipinski definition) is 3. The highest BCUT2D eigenvalue weighted by Crippen LogP contribution is 2.26. The van der Waals surface area contributed by atoms with E-state index in [9.17, 15) is 0 Å². The highest BCUT2D eigenvalue weighted by molar-refractivity contribution is 9.10. The molecule has 0 fully saturated rings. The average molecular weight is 316 g/mol. The van der Waals surface area contributed by atoms with Gasteiger partial charge in [-0.25, -0.2) is 4.98 Å². The second kappa shape index (κ2) is 5.10. The zero-order valence-corrected chi connectivity index (χ0v) is 11.9. The van der Waals surface area contributed by atoms with Gasteiger partial charge < -0.3 is 9.73 Å². The zero-order valence-electron chi connectivity index (χ0n) is 9.55. The van der Waals surface area contributed by atoms with E-state index in [2.05, 4.69) is 26.2 Å². The topological polar surface area (TPSA) is 38.1 Å². The Morgan fingerprint density at radius 3 is 2.82 bits per heavy atom. The Kier molecular flexibility index (Phi) is 3.74. The third kappa shape index (κ3) is 3.01. The number of nitrogens with zero attached hydrogens (tertiary/aromatic N) is 1. The fraction of sp³-hybridized carbons (Fsp3) is 0.250. The molecule has 0 aliphatic heterocycles. The fourth-order valence-electron chi connectivity index (χ4n) is 1.42. The zero-order chi connectivity index (χ0) is 12.4. The van der Waals surface area contributed by atoms with Gasteiger partial charge in [-0.05, 0) is 48.0 Å². The standard InChI is InChI=1S/C12H12BrClN2O/c1-7-8(2)17-12(16-7)6-15-11-5-9(14)3-4-10(11)13/h3-5,15H,6H2,1-2H3. The molecule has 0 spiro atoms. The number of nitrogens with one attached hydrogen (secondary N) is 1. The molecule has 1 heterocycles. The summed E-state index contributed by atoms with van der Waals surface area (Å²) in [6, 6.07) is 5.58. The van der Waals surface area contributed by atoms with Crippen LogP contribution in [0.25, 0.3) is 0 Å². The molecule has 1 N–H and O–H groups in total. The second-order valence-electron chi connectivity index (χ2n) is 3.73. The highest BCUT2D eigenvalue weighted by atomic mass is 79.9. The normalized spacial score (nSPS) is 10.6. The molecular formula is C12H12BrClN2O. The van der Waals surface area contributed by atoms with E-state index >= 15 is 0 Å². The summed E-state index contributed by atoms with van der Waals surface area (Å²) in [5.41, 5.74) is 1.85. The van der Waals surface area contributed by atoms with Crippen molar-refractivity contribution >= 4 is 33.2 Å². The first-order valence-electron chi connectivity index (χ1n) is 5.18. The molecule has 0 saturated heterocycles. The summed E-state index contributed by atoms with van der Waals surface area (Å²) in [4.78, 5) is 4.30. The molecule has 5 heteroatoms. The van der Waals surface area contributed by atoms with Crippen LogP contribution in [0.1, 0.15) is 17.3 Å². The van der Waals surface area contributed by atoms with Crippen LogP contribution in [0, 0.1) is 13.8 Å². The summed E-state index contributed by atoms with van der Waals surface area (Å²) in [5, 5.41) is 3.91. The van der Waals surface area contributed by atoms with Crippen LogP contribution in [0.5, 0.6) is 0 Å². The molecule has 90 valence electrons. The first kappa shape index (κ1) is 12.5. The van der Waals surface area contributed by atoms with Crippen LogP contribution in [0.15, 0.2) is 27.1 Å². The fourth-order valence-corrected chi connectivity index (χ4v) is 1.98. The lowest BCUT2D eigenvalue weighted by atomic mass is 10.3. The number of halogens is 2. The Morgan fingerprint density at radius 1 is 1.41 bits per heavy atom. The minimum absolute atomic E-state index is 0.535. The lowest BCUT2D eigenvalue weighted by Crippen LogP contribution is -2.00. The van der Waals surface area contributed by atoms with Crippen LogP contribution in [-0.4, -0.2) is 4.98 Å². The minimum atomic E-state index is 0.535. The van der Waals surface area contributed by atoms with E-state index in [0.717, 1.165) is 21.6 Å². The molecule has 0 bridgehead atoms. The van der Waals surface area contributed by atoms with E-state index in [0.29, 0.717) is 17.5 Å². The second-order valence-corrected chi connectivity index (χ2v) is 5.02. The van der Waals surface area contributed by atoms with Crippen LogP contribution >= 0.6 is 27.5 Å². The predicted octanol–water partition coefficient (Wildman–Crippen LogP) is 4.32. The average Bonchev–Trinajstić information content (AvgIpc) is 2.60. The maximum Gasteiger partial charge on any atom is 0.213 e. The maximum absolute atomic E-state index is 5.93. The first-order chi connectivity index (χ1) is 8.06. The highest BCUT2D eigenvalue weighted by Gasteiger charge is 2.06. The summed E-state index contributed by atoms with van der Waals surface area (Å²) >= 11 is 9.38. The Hall–Kier alpha value is -1.000. The lowest BCUT2D eigenvalue weighted by Gasteiger charge is -2.06. The summed E-state index contributed by atoms with van der Waals surface area (Å²) in [7, 11) is 0. The number of aromatic nitrogens is 1. The molecule has 1 aromatic carbocycles. The molecule has 2 rings (SSSR count). The Bertz CT molecular complexity index is 520. The molecule has 0 atom stereocenters. The van der Waals surface area contributed by atoms with Gasteiger partial charge >= 0.3 is 0 Å². The van der Waals surface area contributed by atoms with Crippen LogP contribution in [-0.2, 0) is 6.54 Å². The molecule has 2 aromatic rings. The lowest BCUT2D eigenvalue weighted by molar-refractivity contribution is 0.478. The maximum atomic E-state index is 5.93. The third-order valence-electron chi connectivity index (χ3n) is 2.43. The number of aryl methyl sites for hydroxylation is 2. The van der Waals surface area contributed by atoms with Gasteiger partial charge in [0.1, 0.15) is 5.76 Å². The van der Waals surface area contributed by atoms with Gasteiger partial charge in [0.15, 0.2) is 0 Å².